The molecule has 0 spiro atoms. The number of hydrogen-bond acceptors (Lipinski definition) is 2. The summed E-state index contributed by atoms with van der Waals surface area (Å²) in [5.41, 5.74) is 0. The maximum Gasteiger partial charge on any atom is 0.0238 e. The van der Waals surface area contributed by atoms with Crippen LogP contribution in [0.25, 0.3) is 0 Å². The first kappa shape index (κ1) is 8.92. The molecule has 2 heteroatoms. The molecule has 0 aromatic heterocycles. The van der Waals surface area contributed by atoms with Gasteiger partial charge in [-0.05, 0) is 6.42 Å². The largest absolute Gasteiger partial charge is 0.314 e. The summed E-state index contributed by atoms with van der Waals surface area (Å²) < 4.78 is 0. The van der Waals surface area contributed by atoms with Crippen LogP contribution in [0.2, 0.25) is 0 Å². The monoisotopic (exact) mass is 131 g/mol. The van der Waals surface area contributed by atoms with Crippen molar-refractivity contribution in [3.63, 3.8) is 0 Å². The fraction of sp³-hybridized carbons (Fsp3) is 1.00. The van der Waals surface area contributed by atoms with Gasteiger partial charge in [0.25, 0.3) is 0 Å². The zero-order valence-electron chi connectivity index (χ0n) is 6.43. The van der Waals surface area contributed by atoms with Crippen LogP contribution in [0.5, 0.6) is 0 Å². The van der Waals surface area contributed by atoms with Crippen LogP contribution < -0.4 is 0 Å². The maximum absolute atomic E-state index is 8.92. The van der Waals surface area contributed by atoms with Gasteiger partial charge in [0.2, 0.25) is 0 Å². The third-order valence-corrected chi connectivity index (χ3v) is 1.38. The molecule has 0 aliphatic carbocycles. The van der Waals surface area contributed by atoms with Gasteiger partial charge >= 0.3 is 0 Å². The van der Waals surface area contributed by atoms with Crippen LogP contribution in [0.3, 0.4) is 0 Å². The molecule has 0 fully saturated rings. The van der Waals surface area contributed by atoms with E-state index in [4.69, 9.17) is 5.21 Å². The maximum atomic E-state index is 8.92. The number of rotatable bonds is 5. The minimum atomic E-state index is 0.740. The second kappa shape index (κ2) is 6.05. The van der Waals surface area contributed by atoms with Gasteiger partial charge in [0.05, 0.1) is 0 Å². The van der Waals surface area contributed by atoms with Gasteiger partial charge in [-0.1, -0.05) is 26.7 Å². The summed E-state index contributed by atoms with van der Waals surface area (Å²) in [5, 5.41) is 10.3. The Kier molecular flexibility index (Phi) is 5.99. The Morgan fingerprint density at radius 2 is 1.89 bits per heavy atom. The molecule has 0 unspecified atom stereocenters. The molecule has 0 aliphatic rings. The average molecular weight is 131 g/mol. The van der Waals surface area contributed by atoms with Crippen molar-refractivity contribution in [3.05, 3.63) is 0 Å². The number of unbranched alkanes of at least 4 members (excludes halogenated alkanes) is 2. The molecule has 0 atom stereocenters. The van der Waals surface area contributed by atoms with Gasteiger partial charge < -0.3 is 5.21 Å². The number of hydroxylamine groups is 2. The van der Waals surface area contributed by atoms with E-state index in [1.54, 1.807) is 0 Å². The van der Waals surface area contributed by atoms with E-state index in [0.717, 1.165) is 19.5 Å². The highest BCUT2D eigenvalue weighted by molar-refractivity contribution is 4.41. The van der Waals surface area contributed by atoms with E-state index in [9.17, 15) is 0 Å². The van der Waals surface area contributed by atoms with E-state index in [1.807, 2.05) is 6.92 Å². The Hall–Kier alpha value is -0.0800. The molecule has 0 amide bonds. The first-order chi connectivity index (χ1) is 4.31. The van der Waals surface area contributed by atoms with Crippen molar-refractivity contribution in [2.24, 2.45) is 0 Å². The van der Waals surface area contributed by atoms with Crippen molar-refractivity contribution < 1.29 is 5.21 Å². The van der Waals surface area contributed by atoms with Crippen molar-refractivity contribution in [3.8, 4) is 0 Å². The molecule has 0 aromatic rings. The predicted octanol–water partition coefficient (Wildman–Crippen LogP) is 1.89. The van der Waals surface area contributed by atoms with Gasteiger partial charge in [0.15, 0.2) is 0 Å². The topological polar surface area (TPSA) is 23.5 Å². The highest BCUT2D eigenvalue weighted by Crippen LogP contribution is 1.94. The first-order valence-corrected chi connectivity index (χ1v) is 3.75. The fourth-order valence-corrected chi connectivity index (χ4v) is 0.702. The summed E-state index contributed by atoms with van der Waals surface area (Å²) in [4.78, 5) is 0. The Morgan fingerprint density at radius 1 is 1.22 bits per heavy atom. The van der Waals surface area contributed by atoms with Crippen LogP contribution in [0, 0.1) is 0 Å². The lowest BCUT2D eigenvalue weighted by Crippen LogP contribution is -2.19. The lowest BCUT2D eigenvalue weighted by Gasteiger charge is -2.09. The second-order valence-corrected chi connectivity index (χ2v) is 2.25. The SMILES string of the molecule is CCCCCN(O)CC. The van der Waals surface area contributed by atoms with Gasteiger partial charge in [-0.2, -0.15) is 5.06 Å². The predicted molar refractivity (Wildman–Crippen MR) is 38.6 cm³/mol. The minimum absolute atomic E-state index is 0.740. The number of hydrogen-bond donors (Lipinski definition) is 1. The van der Waals surface area contributed by atoms with E-state index >= 15 is 0 Å². The molecular weight excluding hydrogens is 114 g/mol. The van der Waals surface area contributed by atoms with E-state index < -0.39 is 0 Å². The summed E-state index contributed by atoms with van der Waals surface area (Å²) in [6.07, 6.45) is 3.55. The molecule has 0 heterocycles. The standard InChI is InChI=1S/C7H17NO/c1-3-5-6-7-8(9)4-2/h9H,3-7H2,1-2H3. The lowest BCUT2D eigenvalue weighted by atomic mass is 10.2. The highest BCUT2D eigenvalue weighted by atomic mass is 16.5. The molecule has 0 saturated heterocycles. The fourth-order valence-electron chi connectivity index (χ4n) is 0.702. The molecule has 0 aliphatic heterocycles. The lowest BCUT2D eigenvalue weighted by molar-refractivity contribution is -0.0869. The summed E-state index contributed by atoms with van der Waals surface area (Å²) >= 11 is 0. The van der Waals surface area contributed by atoms with E-state index in [-0.39, 0.29) is 0 Å². The first-order valence-electron chi connectivity index (χ1n) is 3.75. The molecule has 0 saturated carbocycles. The molecule has 1 N–H and O–H groups in total. The zero-order valence-corrected chi connectivity index (χ0v) is 6.43. The molecule has 2 nitrogen and oxygen atoms in total. The molecule has 0 bridgehead atoms. The third kappa shape index (κ3) is 5.80. The van der Waals surface area contributed by atoms with Gasteiger partial charge in [-0.25, -0.2) is 0 Å². The highest BCUT2D eigenvalue weighted by Gasteiger charge is 1.93. The number of nitrogens with zero attached hydrogens (tertiary/aromatic N) is 1. The quantitative estimate of drug-likeness (QED) is 0.455. The smallest absolute Gasteiger partial charge is 0.0238 e. The van der Waals surface area contributed by atoms with Crippen LogP contribution in [0.1, 0.15) is 33.1 Å². The Balaban J connectivity index is 2.88. The van der Waals surface area contributed by atoms with Gasteiger partial charge in [0, 0.05) is 13.1 Å². The molecule has 0 rings (SSSR count). The van der Waals surface area contributed by atoms with Crippen molar-refractivity contribution in [2.75, 3.05) is 13.1 Å². The Bertz CT molecular complexity index is 56.9. The van der Waals surface area contributed by atoms with Crippen LogP contribution in [-0.4, -0.2) is 23.4 Å². The van der Waals surface area contributed by atoms with Crippen molar-refractivity contribution in [1.29, 1.82) is 0 Å². The molecule has 0 aromatic carbocycles. The summed E-state index contributed by atoms with van der Waals surface area (Å²) in [5.74, 6) is 0. The summed E-state index contributed by atoms with van der Waals surface area (Å²) in [6, 6.07) is 0. The van der Waals surface area contributed by atoms with Crippen molar-refractivity contribution in [2.45, 2.75) is 33.1 Å². The summed E-state index contributed by atoms with van der Waals surface area (Å²) in [6.45, 7) is 5.67. The average Bonchev–Trinajstić information content (AvgIpc) is 1.89. The normalized spacial score (nSPS) is 10.7. The van der Waals surface area contributed by atoms with Crippen molar-refractivity contribution in [1.82, 2.24) is 5.06 Å². The molecule has 0 radical (unpaired) electrons. The van der Waals surface area contributed by atoms with Crippen LogP contribution in [0.15, 0.2) is 0 Å². The van der Waals surface area contributed by atoms with E-state index in [1.165, 1.54) is 17.9 Å². The van der Waals surface area contributed by atoms with E-state index in [2.05, 4.69) is 6.92 Å². The van der Waals surface area contributed by atoms with Crippen LogP contribution in [-0.2, 0) is 0 Å². The van der Waals surface area contributed by atoms with Gasteiger partial charge in [0.1, 0.15) is 0 Å². The van der Waals surface area contributed by atoms with E-state index in [0.29, 0.717) is 0 Å². The molecule has 9 heavy (non-hydrogen) atoms. The minimum Gasteiger partial charge on any atom is -0.314 e. The second-order valence-electron chi connectivity index (χ2n) is 2.25. The molecular formula is C7H17NO. The Labute approximate surface area is 57.4 Å². The van der Waals surface area contributed by atoms with Gasteiger partial charge in [-0.3, -0.25) is 0 Å². The van der Waals surface area contributed by atoms with Crippen molar-refractivity contribution >= 4 is 0 Å². The zero-order chi connectivity index (χ0) is 7.11. The summed E-state index contributed by atoms with van der Waals surface area (Å²) in [7, 11) is 0. The Morgan fingerprint density at radius 3 is 2.33 bits per heavy atom. The van der Waals surface area contributed by atoms with Crippen LogP contribution >= 0.6 is 0 Å². The third-order valence-electron chi connectivity index (χ3n) is 1.38. The molecule has 56 valence electrons. The van der Waals surface area contributed by atoms with Crippen LogP contribution in [0.4, 0.5) is 0 Å². The van der Waals surface area contributed by atoms with Gasteiger partial charge in [-0.15, -0.1) is 0 Å².